The third-order valence-electron chi connectivity index (χ3n) is 4.25. The summed E-state index contributed by atoms with van der Waals surface area (Å²) in [6.45, 7) is 0. The van der Waals surface area contributed by atoms with Crippen molar-refractivity contribution < 1.29 is 22.1 Å². The van der Waals surface area contributed by atoms with Gasteiger partial charge in [0, 0.05) is 10.7 Å². The van der Waals surface area contributed by atoms with Crippen LogP contribution < -0.4 is 14.2 Å². The van der Waals surface area contributed by atoms with E-state index in [0.717, 1.165) is 0 Å². The molecule has 0 spiro atoms. The number of benzene rings is 3. The minimum Gasteiger partial charge on any atom is -0.493 e. The molecule has 0 heterocycles. The van der Waals surface area contributed by atoms with Crippen molar-refractivity contribution in [3.05, 3.63) is 87.9 Å². The van der Waals surface area contributed by atoms with E-state index in [2.05, 4.69) is 5.32 Å². The van der Waals surface area contributed by atoms with Crippen LogP contribution in [0.15, 0.2) is 77.2 Å². The summed E-state index contributed by atoms with van der Waals surface area (Å²) in [7, 11) is -2.93. The molecule has 0 atom stereocenters. The van der Waals surface area contributed by atoms with Gasteiger partial charge in [-0.3, -0.25) is 4.79 Å². The predicted molar refractivity (Wildman–Crippen MR) is 126 cm³/mol. The van der Waals surface area contributed by atoms with E-state index in [4.69, 9.17) is 32.1 Å². The largest absolute Gasteiger partial charge is 0.493 e. The van der Waals surface area contributed by atoms with Crippen molar-refractivity contribution in [1.82, 2.24) is 0 Å². The lowest BCUT2D eigenvalue weighted by molar-refractivity contribution is -0.112. The fourth-order valence-corrected chi connectivity index (χ4v) is 4.08. The van der Waals surface area contributed by atoms with Crippen LogP contribution in [0.2, 0.25) is 10.0 Å². The number of amides is 1. The van der Waals surface area contributed by atoms with Crippen LogP contribution in [-0.2, 0) is 14.9 Å². The van der Waals surface area contributed by atoms with Gasteiger partial charge in [0.15, 0.2) is 5.75 Å². The van der Waals surface area contributed by atoms with Crippen LogP contribution in [0.5, 0.6) is 11.5 Å². The summed E-state index contributed by atoms with van der Waals surface area (Å²) in [5.41, 5.74) is 0.655. The first-order valence-electron chi connectivity index (χ1n) is 9.29. The molecule has 0 aromatic heterocycles. The van der Waals surface area contributed by atoms with Gasteiger partial charge >= 0.3 is 10.1 Å². The first-order valence-corrected chi connectivity index (χ1v) is 11.5. The number of hydrogen-bond acceptors (Lipinski definition) is 6. The summed E-state index contributed by atoms with van der Waals surface area (Å²) in [4.78, 5) is 12.3. The highest BCUT2D eigenvalue weighted by molar-refractivity contribution is 7.87. The number of ether oxygens (including phenoxy) is 1. The maximum atomic E-state index is 12.6. The van der Waals surface area contributed by atoms with Gasteiger partial charge in [-0.15, -0.1) is 0 Å². The molecule has 0 radical (unpaired) electrons. The van der Waals surface area contributed by atoms with Gasteiger partial charge in [-0.25, -0.2) is 0 Å². The Kier molecular flexibility index (Phi) is 7.61. The van der Waals surface area contributed by atoms with Gasteiger partial charge < -0.3 is 14.2 Å². The van der Waals surface area contributed by atoms with Crippen molar-refractivity contribution >= 4 is 51.0 Å². The Morgan fingerprint density at radius 3 is 2.33 bits per heavy atom. The van der Waals surface area contributed by atoms with Crippen molar-refractivity contribution in [2.24, 2.45) is 0 Å². The van der Waals surface area contributed by atoms with E-state index in [0.29, 0.717) is 16.3 Å². The second kappa shape index (κ2) is 10.4. The Hall–Kier alpha value is -3.51. The highest BCUT2D eigenvalue weighted by atomic mass is 35.5. The summed E-state index contributed by atoms with van der Waals surface area (Å²) in [5, 5.41) is 12.3. The lowest BCUT2D eigenvalue weighted by atomic mass is 10.1. The van der Waals surface area contributed by atoms with E-state index in [1.54, 1.807) is 30.3 Å². The average molecular weight is 503 g/mol. The minimum absolute atomic E-state index is 0.00736. The Balaban J connectivity index is 1.91. The monoisotopic (exact) mass is 502 g/mol. The number of hydrogen-bond donors (Lipinski definition) is 1. The first kappa shape index (κ1) is 24.1. The number of methoxy groups -OCH3 is 1. The topological polar surface area (TPSA) is 105 Å². The summed E-state index contributed by atoms with van der Waals surface area (Å²) in [6.07, 6.45) is 1.30. The molecule has 1 amide bonds. The lowest BCUT2D eigenvalue weighted by Crippen LogP contribution is -2.13. The second-order valence-electron chi connectivity index (χ2n) is 6.52. The standard InChI is InChI=1S/C23H16Cl2N2O5S/c1-31-21-13-15(11-16(14-26)23(28)27-18-5-3-2-4-6-18)12-20(25)22(21)32-33(29,30)19-9-7-17(24)8-10-19/h2-13H,1H3,(H,27,28)/b16-11+. The van der Waals surface area contributed by atoms with Crippen LogP contribution in [0, 0.1) is 11.3 Å². The van der Waals surface area contributed by atoms with Crippen molar-refractivity contribution in [2.45, 2.75) is 4.90 Å². The Morgan fingerprint density at radius 1 is 1.06 bits per heavy atom. The quantitative estimate of drug-likeness (QED) is 0.266. The number of nitriles is 1. The van der Waals surface area contributed by atoms with Crippen LogP contribution in [0.1, 0.15) is 5.56 Å². The number of para-hydroxylation sites is 1. The smallest absolute Gasteiger partial charge is 0.339 e. The fourth-order valence-electron chi connectivity index (χ4n) is 2.70. The van der Waals surface area contributed by atoms with Gasteiger partial charge in [0.2, 0.25) is 5.75 Å². The van der Waals surface area contributed by atoms with E-state index < -0.39 is 16.0 Å². The van der Waals surface area contributed by atoms with Crippen molar-refractivity contribution in [1.29, 1.82) is 5.26 Å². The maximum absolute atomic E-state index is 12.6. The molecule has 0 bridgehead atoms. The lowest BCUT2D eigenvalue weighted by Gasteiger charge is -2.13. The normalized spacial score (nSPS) is 11.4. The molecule has 0 aliphatic heterocycles. The molecule has 7 nitrogen and oxygen atoms in total. The number of carbonyl (C=O) groups excluding carboxylic acids is 1. The van der Waals surface area contributed by atoms with Crippen LogP contribution in [0.3, 0.4) is 0 Å². The molecular formula is C23H16Cl2N2O5S. The van der Waals surface area contributed by atoms with E-state index in [1.165, 1.54) is 49.6 Å². The molecule has 0 fully saturated rings. The molecule has 0 unspecified atom stereocenters. The maximum Gasteiger partial charge on any atom is 0.339 e. The predicted octanol–water partition coefficient (Wildman–Crippen LogP) is 5.32. The minimum atomic E-state index is -4.23. The number of halogens is 2. The Morgan fingerprint density at radius 2 is 1.73 bits per heavy atom. The van der Waals surface area contributed by atoms with Crippen LogP contribution >= 0.6 is 23.2 Å². The molecule has 1 N–H and O–H groups in total. The van der Waals surface area contributed by atoms with Crippen LogP contribution in [0.4, 0.5) is 5.69 Å². The molecule has 0 aliphatic carbocycles. The summed E-state index contributed by atoms with van der Waals surface area (Å²) < 4.78 is 35.7. The molecule has 0 saturated carbocycles. The van der Waals surface area contributed by atoms with Gasteiger partial charge in [0.25, 0.3) is 5.91 Å². The molecule has 33 heavy (non-hydrogen) atoms. The van der Waals surface area contributed by atoms with Gasteiger partial charge in [-0.1, -0.05) is 41.4 Å². The number of carbonyl (C=O) groups is 1. The van der Waals surface area contributed by atoms with E-state index in [-0.39, 0.29) is 27.0 Å². The molecule has 168 valence electrons. The second-order valence-corrected chi connectivity index (χ2v) is 8.91. The number of nitrogens with zero attached hydrogens (tertiary/aromatic N) is 1. The molecule has 10 heteroatoms. The van der Waals surface area contributed by atoms with Crippen LogP contribution in [-0.4, -0.2) is 21.4 Å². The van der Waals surface area contributed by atoms with Crippen molar-refractivity contribution in [3.8, 4) is 17.6 Å². The van der Waals surface area contributed by atoms with Gasteiger partial charge in [-0.2, -0.15) is 13.7 Å². The summed E-state index contributed by atoms with van der Waals surface area (Å²) >= 11 is 12.1. The zero-order chi connectivity index (χ0) is 24.0. The third-order valence-corrected chi connectivity index (χ3v) is 6.02. The van der Waals surface area contributed by atoms with Gasteiger partial charge in [-0.05, 0) is 60.2 Å². The van der Waals surface area contributed by atoms with Crippen LogP contribution in [0.25, 0.3) is 6.08 Å². The van der Waals surface area contributed by atoms with Gasteiger partial charge in [0.05, 0.1) is 12.1 Å². The summed E-state index contributed by atoms with van der Waals surface area (Å²) in [6, 6.07) is 18.6. The van der Waals surface area contributed by atoms with Gasteiger partial charge in [0.1, 0.15) is 16.5 Å². The molecule has 0 saturated heterocycles. The Bertz CT molecular complexity index is 1350. The highest BCUT2D eigenvalue weighted by Gasteiger charge is 2.22. The number of rotatable bonds is 7. The zero-order valence-electron chi connectivity index (χ0n) is 17.1. The van der Waals surface area contributed by atoms with E-state index in [9.17, 15) is 18.5 Å². The average Bonchev–Trinajstić information content (AvgIpc) is 2.79. The number of anilines is 1. The first-order chi connectivity index (χ1) is 15.7. The third kappa shape index (κ3) is 6.05. The van der Waals surface area contributed by atoms with Crippen molar-refractivity contribution in [2.75, 3.05) is 12.4 Å². The Labute approximate surface area is 200 Å². The molecular weight excluding hydrogens is 487 g/mol. The van der Waals surface area contributed by atoms with E-state index >= 15 is 0 Å². The SMILES string of the molecule is COc1cc(/C=C(\C#N)C(=O)Nc2ccccc2)cc(Cl)c1OS(=O)(=O)c1ccc(Cl)cc1. The summed E-state index contributed by atoms with van der Waals surface area (Å²) in [5.74, 6) is -0.866. The molecule has 0 aliphatic rings. The highest BCUT2D eigenvalue weighted by Crippen LogP contribution is 2.39. The van der Waals surface area contributed by atoms with E-state index in [1.807, 2.05) is 6.07 Å². The van der Waals surface area contributed by atoms with Crippen molar-refractivity contribution in [3.63, 3.8) is 0 Å². The molecule has 3 aromatic carbocycles. The molecule has 3 rings (SSSR count). The fraction of sp³-hybridized carbons (Fsp3) is 0.0435. The number of nitrogens with one attached hydrogen (secondary N) is 1. The zero-order valence-corrected chi connectivity index (χ0v) is 19.4. The molecule has 3 aromatic rings.